The summed E-state index contributed by atoms with van der Waals surface area (Å²) < 4.78 is 48.5. The Morgan fingerprint density at radius 1 is 0.667 bits per heavy atom. The van der Waals surface area contributed by atoms with E-state index in [2.05, 4.69) is 22.1 Å². The Hall–Kier alpha value is -4.81. The maximum Gasteiger partial charge on any atom is 0.328 e. The Kier molecular flexibility index (Phi) is 19.3. The van der Waals surface area contributed by atoms with E-state index in [4.69, 9.17) is 27.0 Å². The third-order valence-electron chi connectivity index (χ3n) is 8.84. The zero-order valence-corrected chi connectivity index (χ0v) is 35.1. The third kappa shape index (κ3) is 16.3. The first-order chi connectivity index (χ1) is 26.7. The minimum absolute atomic E-state index is 0.211. The minimum Gasteiger partial charge on any atom is -0.759 e. The average Bonchev–Trinajstić information content (AvgIpc) is 3.61. The van der Waals surface area contributed by atoms with Crippen LogP contribution in [0.15, 0.2) is 60.9 Å². The highest BCUT2D eigenvalue weighted by atomic mass is 32.3. The number of benzene rings is 2. The molecule has 2 aromatic heterocycles. The van der Waals surface area contributed by atoms with Crippen LogP contribution in [0.3, 0.4) is 0 Å². The monoisotopic (exact) mass is 816 g/mol. The molecular weight excluding hydrogens is 757 g/mol. The number of carbonyl (C=O) groups excluding carboxylic acids is 4. The highest BCUT2D eigenvalue weighted by molar-refractivity contribution is 7.79. The number of nitrogens with one attached hydrogen (secondary N) is 2. The number of nitrogens with zero attached hydrogens (tertiary/aromatic N) is 2. The average molecular weight is 817 g/mol. The van der Waals surface area contributed by atoms with Gasteiger partial charge < -0.3 is 49.8 Å². The SMILES string of the molecule is CCOC(=O)[C@@H](Cc1cn(C)c2ccccc12)NC(=O)[C@@H]([NH3+])CC(C)C.CCOC(=O)[C@@H](Cc1cn(C)c2ccccc12)NC(=O)[C@@H]([NH3+])CC(C)C.O=S(=O)([O-])[O-]. The second kappa shape index (κ2) is 22.8. The van der Waals surface area contributed by atoms with Crippen LogP contribution in [0.2, 0.25) is 0 Å². The van der Waals surface area contributed by atoms with Crippen molar-refractivity contribution in [3.63, 3.8) is 0 Å². The molecule has 2 heterocycles. The molecule has 4 atom stereocenters. The normalized spacial score (nSPS) is 13.4. The number of rotatable bonds is 16. The Morgan fingerprint density at radius 3 is 1.28 bits per heavy atom. The van der Waals surface area contributed by atoms with Crippen LogP contribution in [0.4, 0.5) is 0 Å². The molecule has 0 aliphatic heterocycles. The number of hydrogen-bond acceptors (Lipinski definition) is 10. The first-order valence-corrected chi connectivity index (χ1v) is 20.3. The van der Waals surface area contributed by atoms with Crippen molar-refractivity contribution in [1.82, 2.24) is 19.8 Å². The van der Waals surface area contributed by atoms with Crippen molar-refractivity contribution in [2.45, 2.75) is 91.4 Å². The minimum atomic E-state index is -5.17. The molecule has 0 radical (unpaired) electrons. The molecule has 2 amide bonds. The molecule has 57 heavy (non-hydrogen) atoms. The maximum absolute atomic E-state index is 12.5. The lowest BCUT2D eigenvalue weighted by molar-refractivity contribution is -0.407. The van der Waals surface area contributed by atoms with Gasteiger partial charge in [-0.2, -0.15) is 0 Å². The standard InChI is InChI=1S/2C20H29N3O3.H2O4S/c2*1-5-26-20(25)17(22-19(24)16(21)10-13(2)3)11-14-12-23(4)18-9-7-6-8-15(14)18;1-5(2,3)4/h2*6-9,12-13,16-17H,5,10-11,21H2,1-4H3,(H,22,24);(H2,1,2,3,4)/t2*16-,17+;/m00./s1. The lowest BCUT2D eigenvalue weighted by atomic mass is 10.0. The summed E-state index contributed by atoms with van der Waals surface area (Å²) in [5.74, 6) is -0.519. The Bertz CT molecular complexity index is 1900. The van der Waals surface area contributed by atoms with E-state index in [-0.39, 0.29) is 37.1 Å². The Balaban J connectivity index is 0.000000352. The number of para-hydroxylation sites is 2. The number of hydrogen-bond donors (Lipinski definition) is 4. The van der Waals surface area contributed by atoms with Gasteiger partial charge in [-0.05, 0) is 48.9 Å². The second-order valence-corrected chi connectivity index (χ2v) is 15.5. The van der Waals surface area contributed by atoms with Crippen LogP contribution in [-0.2, 0) is 66.0 Å². The number of ether oxygens (including phenoxy) is 2. The highest BCUT2D eigenvalue weighted by Gasteiger charge is 2.29. The molecule has 8 N–H and O–H groups in total. The van der Waals surface area contributed by atoms with Crippen molar-refractivity contribution < 1.29 is 57.6 Å². The number of quaternary nitrogens is 2. The van der Waals surface area contributed by atoms with Crippen molar-refractivity contribution in [3.8, 4) is 0 Å². The van der Waals surface area contributed by atoms with Gasteiger partial charge in [0.1, 0.15) is 12.1 Å². The lowest BCUT2D eigenvalue weighted by Crippen LogP contribution is -2.69. The number of aryl methyl sites for hydroxylation is 2. The fourth-order valence-electron chi connectivity index (χ4n) is 6.42. The molecule has 0 bridgehead atoms. The summed E-state index contributed by atoms with van der Waals surface area (Å²) in [4.78, 5) is 49.8. The molecule has 4 aromatic rings. The summed E-state index contributed by atoms with van der Waals surface area (Å²) in [5, 5.41) is 7.84. The summed E-state index contributed by atoms with van der Waals surface area (Å²) in [6.45, 7) is 12.3. The van der Waals surface area contributed by atoms with Crippen LogP contribution in [0.1, 0.15) is 65.5 Å². The van der Waals surface area contributed by atoms with E-state index < -0.39 is 34.4 Å². The molecule has 316 valence electrons. The molecule has 16 nitrogen and oxygen atoms in total. The number of amides is 2. The molecule has 17 heteroatoms. The molecule has 2 aromatic carbocycles. The molecule has 0 aliphatic carbocycles. The molecule has 0 spiro atoms. The fourth-order valence-corrected chi connectivity index (χ4v) is 6.42. The first-order valence-electron chi connectivity index (χ1n) is 19.0. The molecule has 0 aliphatic rings. The molecule has 0 fully saturated rings. The quantitative estimate of drug-likeness (QED) is 0.0720. The van der Waals surface area contributed by atoms with Gasteiger partial charge in [0.2, 0.25) is 0 Å². The summed E-state index contributed by atoms with van der Waals surface area (Å²) in [7, 11) is -1.23. The number of carbonyl (C=O) groups is 4. The van der Waals surface area contributed by atoms with E-state index in [1.165, 1.54) is 0 Å². The van der Waals surface area contributed by atoms with Crippen molar-refractivity contribution >= 4 is 56.0 Å². The van der Waals surface area contributed by atoms with Crippen LogP contribution in [0.5, 0.6) is 0 Å². The first kappa shape index (κ1) is 48.3. The lowest BCUT2D eigenvalue weighted by Gasteiger charge is -2.19. The van der Waals surface area contributed by atoms with E-state index >= 15 is 0 Å². The molecule has 0 unspecified atom stereocenters. The van der Waals surface area contributed by atoms with Gasteiger partial charge >= 0.3 is 11.9 Å². The van der Waals surface area contributed by atoms with Gasteiger partial charge in [-0.25, -0.2) is 9.59 Å². The number of aromatic nitrogens is 2. The smallest absolute Gasteiger partial charge is 0.328 e. The predicted octanol–water partition coefficient (Wildman–Crippen LogP) is 1.51. The van der Waals surface area contributed by atoms with Crippen molar-refractivity contribution in [3.05, 3.63) is 72.1 Å². The van der Waals surface area contributed by atoms with Gasteiger partial charge in [-0.1, -0.05) is 64.1 Å². The van der Waals surface area contributed by atoms with Crippen molar-refractivity contribution in [2.24, 2.45) is 25.9 Å². The summed E-state index contributed by atoms with van der Waals surface area (Å²) >= 11 is 0. The van der Waals surface area contributed by atoms with Gasteiger partial charge in [0, 0.05) is 84.4 Å². The molecule has 4 rings (SSSR count). The topological polar surface area (TPSA) is 256 Å². The van der Waals surface area contributed by atoms with Crippen LogP contribution in [0.25, 0.3) is 21.8 Å². The van der Waals surface area contributed by atoms with Crippen molar-refractivity contribution in [1.29, 1.82) is 0 Å². The highest BCUT2D eigenvalue weighted by Crippen LogP contribution is 2.23. The zero-order chi connectivity index (χ0) is 43.0. The van der Waals surface area contributed by atoms with E-state index in [1.807, 2.05) is 112 Å². The van der Waals surface area contributed by atoms with Gasteiger partial charge in [0.15, 0.2) is 12.1 Å². The summed E-state index contributed by atoms with van der Waals surface area (Å²) in [6.07, 6.45) is 6.13. The largest absolute Gasteiger partial charge is 0.759 e. The van der Waals surface area contributed by atoms with E-state index in [1.54, 1.807) is 13.8 Å². The summed E-state index contributed by atoms with van der Waals surface area (Å²) in [6, 6.07) is 13.8. The van der Waals surface area contributed by atoms with Crippen LogP contribution in [-0.4, -0.2) is 87.8 Å². The van der Waals surface area contributed by atoms with E-state index in [0.29, 0.717) is 37.5 Å². The van der Waals surface area contributed by atoms with Gasteiger partial charge in [0.25, 0.3) is 11.8 Å². The third-order valence-corrected chi connectivity index (χ3v) is 8.84. The van der Waals surface area contributed by atoms with E-state index in [0.717, 1.165) is 32.9 Å². The number of esters is 2. The van der Waals surface area contributed by atoms with Crippen LogP contribution >= 0.6 is 0 Å². The second-order valence-electron chi connectivity index (χ2n) is 14.7. The fraction of sp³-hybridized carbons (Fsp3) is 0.500. The number of fused-ring (bicyclic) bond motifs is 2. The van der Waals surface area contributed by atoms with Crippen molar-refractivity contribution in [2.75, 3.05) is 13.2 Å². The van der Waals surface area contributed by atoms with Crippen LogP contribution in [0, 0.1) is 11.8 Å². The predicted molar refractivity (Wildman–Crippen MR) is 213 cm³/mol. The maximum atomic E-state index is 12.5. The van der Waals surface area contributed by atoms with Gasteiger partial charge in [0.05, 0.1) is 13.2 Å². The summed E-state index contributed by atoms with van der Waals surface area (Å²) in [5.41, 5.74) is 12.0. The van der Waals surface area contributed by atoms with Crippen LogP contribution < -0.4 is 22.1 Å². The van der Waals surface area contributed by atoms with Gasteiger partial charge in [-0.15, -0.1) is 0 Å². The molecule has 0 saturated carbocycles. The molecular formula is C40H60N6O10S. The Labute approximate surface area is 335 Å². The van der Waals surface area contributed by atoms with E-state index in [9.17, 15) is 19.2 Å². The Morgan fingerprint density at radius 2 is 0.982 bits per heavy atom. The zero-order valence-electron chi connectivity index (χ0n) is 34.3. The molecule has 0 saturated heterocycles. The van der Waals surface area contributed by atoms with Gasteiger partial charge in [-0.3, -0.25) is 18.0 Å².